The highest BCUT2D eigenvalue weighted by Crippen LogP contribution is 2.33. The average Bonchev–Trinajstić information content (AvgIpc) is 3.07. The van der Waals surface area contributed by atoms with Crippen molar-refractivity contribution in [2.24, 2.45) is 0 Å². The average molecular weight is 362 g/mol. The lowest BCUT2D eigenvalue weighted by molar-refractivity contribution is 0.459. The zero-order chi connectivity index (χ0) is 19.0. The molecule has 27 heavy (non-hydrogen) atoms. The van der Waals surface area contributed by atoms with Crippen molar-refractivity contribution in [2.75, 3.05) is 0 Å². The Hall–Kier alpha value is -3.28. The second kappa shape index (κ2) is 6.79. The van der Waals surface area contributed by atoms with Crippen molar-refractivity contribution >= 4 is 11.0 Å². The van der Waals surface area contributed by atoms with E-state index in [4.69, 9.17) is 4.74 Å². The van der Waals surface area contributed by atoms with Crippen molar-refractivity contribution in [1.29, 1.82) is 0 Å². The number of aromatic nitrogens is 4. The van der Waals surface area contributed by atoms with E-state index >= 15 is 0 Å². The fourth-order valence-electron chi connectivity index (χ4n) is 2.99. The van der Waals surface area contributed by atoms with Crippen LogP contribution in [-0.4, -0.2) is 19.7 Å². The molecule has 0 radical (unpaired) electrons. The molecule has 0 spiro atoms. The third kappa shape index (κ3) is 3.26. The molecule has 4 rings (SSSR count). The van der Waals surface area contributed by atoms with Gasteiger partial charge in [-0.2, -0.15) is 5.10 Å². The van der Waals surface area contributed by atoms with Gasteiger partial charge in [-0.05, 0) is 54.3 Å². The lowest BCUT2D eigenvalue weighted by atomic mass is 10.0. The van der Waals surface area contributed by atoms with Gasteiger partial charge in [-0.3, -0.25) is 0 Å². The van der Waals surface area contributed by atoms with Crippen LogP contribution < -0.4 is 4.74 Å². The van der Waals surface area contributed by atoms with Gasteiger partial charge in [0.2, 0.25) is 5.88 Å². The lowest BCUT2D eigenvalue weighted by Crippen LogP contribution is -1.99. The summed E-state index contributed by atoms with van der Waals surface area (Å²) < 4.78 is 21.0. The molecule has 6 heteroatoms. The van der Waals surface area contributed by atoms with Gasteiger partial charge in [0.1, 0.15) is 23.3 Å². The number of rotatable bonds is 4. The van der Waals surface area contributed by atoms with E-state index in [-0.39, 0.29) is 5.82 Å². The summed E-state index contributed by atoms with van der Waals surface area (Å²) in [5.41, 5.74) is 3.54. The molecule has 0 aliphatic carbocycles. The summed E-state index contributed by atoms with van der Waals surface area (Å²) >= 11 is 0. The Morgan fingerprint density at radius 1 is 1.04 bits per heavy atom. The fourth-order valence-corrected chi connectivity index (χ4v) is 2.99. The van der Waals surface area contributed by atoms with E-state index in [1.807, 2.05) is 13.0 Å². The molecular weight excluding hydrogens is 343 g/mol. The number of fused-ring (bicyclic) bond motifs is 1. The molecule has 2 heterocycles. The van der Waals surface area contributed by atoms with Gasteiger partial charge in [0, 0.05) is 0 Å². The van der Waals surface area contributed by atoms with Crippen LogP contribution in [0.4, 0.5) is 4.39 Å². The molecule has 0 bridgehead atoms. The summed E-state index contributed by atoms with van der Waals surface area (Å²) in [5, 5.41) is 5.08. The SMILES string of the molecule is Cc1ccc(C(C)C)c(Oc2ncnc3c2cnn3-c2ccc(F)cc2)c1. The Bertz CT molecular complexity index is 1100. The fraction of sp³-hybridized carbons (Fsp3) is 0.190. The third-order valence-corrected chi connectivity index (χ3v) is 4.40. The Morgan fingerprint density at radius 3 is 2.56 bits per heavy atom. The number of ether oxygens (including phenoxy) is 1. The van der Waals surface area contributed by atoms with Gasteiger partial charge in [0.15, 0.2) is 5.65 Å². The normalized spacial score (nSPS) is 11.3. The van der Waals surface area contributed by atoms with Gasteiger partial charge in [-0.1, -0.05) is 26.0 Å². The maximum absolute atomic E-state index is 13.2. The first-order valence-electron chi connectivity index (χ1n) is 8.76. The number of aryl methyl sites for hydroxylation is 1. The van der Waals surface area contributed by atoms with E-state index in [9.17, 15) is 4.39 Å². The Labute approximate surface area is 156 Å². The summed E-state index contributed by atoms with van der Waals surface area (Å²) in [6.45, 7) is 6.28. The first-order valence-corrected chi connectivity index (χ1v) is 8.76. The topological polar surface area (TPSA) is 52.8 Å². The smallest absolute Gasteiger partial charge is 0.233 e. The quantitative estimate of drug-likeness (QED) is 0.502. The van der Waals surface area contributed by atoms with Gasteiger partial charge in [-0.25, -0.2) is 19.0 Å². The maximum Gasteiger partial charge on any atom is 0.233 e. The molecule has 0 fully saturated rings. The minimum absolute atomic E-state index is 0.297. The molecular formula is C21H19FN4O. The van der Waals surface area contributed by atoms with Gasteiger partial charge in [-0.15, -0.1) is 0 Å². The molecule has 4 aromatic rings. The summed E-state index contributed by atoms with van der Waals surface area (Å²) in [6.07, 6.45) is 3.11. The molecule has 0 saturated carbocycles. The van der Waals surface area contributed by atoms with E-state index in [0.717, 1.165) is 22.6 Å². The van der Waals surface area contributed by atoms with Crippen molar-refractivity contribution in [2.45, 2.75) is 26.7 Å². The van der Waals surface area contributed by atoms with Crippen LogP contribution in [0, 0.1) is 12.7 Å². The predicted molar refractivity (Wildman–Crippen MR) is 102 cm³/mol. The van der Waals surface area contributed by atoms with Crippen molar-refractivity contribution in [1.82, 2.24) is 19.7 Å². The number of hydrogen-bond donors (Lipinski definition) is 0. The summed E-state index contributed by atoms with van der Waals surface area (Å²) in [5.74, 6) is 1.25. The highest BCUT2D eigenvalue weighted by Gasteiger charge is 2.15. The summed E-state index contributed by atoms with van der Waals surface area (Å²) in [7, 11) is 0. The predicted octanol–water partition coefficient (Wildman–Crippen LogP) is 5.18. The van der Waals surface area contributed by atoms with Crippen LogP contribution in [0.1, 0.15) is 30.9 Å². The Morgan fingerprint density at radius 2 is 1.81 bits per heavy atom. The molecule has 2 aromatic heterocycles. The first kappa shape index (κ1) is 17.1. The van der Waals surface area contributed by atoms with Gasteiger partial charge in [0.05, 0.1) is 11.9 Å². The van der Waals surface area contributed by atoms with Crippen LogP contribution >= 0.6 is 0 Å². The van der Waals surface area contributed by atoms with Gasteiger partial charge >= 0.3 is 0 Å². The van der Waals surface area contributed by atoms with E-state index in [0.29, 0.717) is 22.8 Å². The molecule has 0 saturated heterocycles. The van der Waals surface area contributed by atoms with E-state index in [1.165, 1.54) is 18.5 Å². The third-order valence-electron chi connectivity index (χ3n) is 4.40. The van der Waals surface area contributed by atoms with Crippen LogP contribution in [0.25, 0.3) is 16.7 Å². The monoisotopic (exact) mass is 362 g/mol. The van der Waals surface area contributed by atoms with Crippen molar-refractivity contribution in [3.8, 4) is 17.3 Å². The first-order chi connectivity index (χ1) is 13.0. The van der Waals surface area contributed by atoms with Crippen LogP contribution in [0.5, 0.6) is 11.6 Å². The zero-order valence-corrected chi connectivity index (χ0v) is 15.3. The van der Waals surface area contributed by atoms with Gasteiger partial charge < -0.3 is 4.74 Å². The molecule has 0 aliphatic rings. The van der Waals surface area contributed by atoms with E-state index in [1.54, 1.807) is 23.0 Å². The summed E-state index contributed by atoms with van der Waals surface area (Å²) in [6, 6.07) is 12.3. The number of nitrogens with zero attached hydrogens (tertiary/aromatic N) is 4. The molecule has 0 N–H and O–H groups in total. The molecule has 5 nitrogen and oxygen atoms in total. The largest absolute Gasteiger partial charge is 0.438 e. The highest BCUT2D eigenvalue weighted by molar-refractivity contribution is 5.81. The van der Waals surface area contributed by atoms with E-state index in [2.05, 4.69) is 41.0 Å². The number of benzene rings is 2. The molecule has 0 atom stereocenters. The van der Waals surface area contributed by atoms with Crippen LogP contribution in [0.3, 0.4) is 0 Å². The van der Waals surface area contributed by atoms with Crippen LogP contribution in [0.2, 0.25) is 0 Å². The Kier molecular flexibility index (Phi) is 4.32. The molecule has 136 valence electrons. The second-order valence-electron chi connectivity index (χ2n) is 6.75. The van der Waals surface area contributed by atoms with E-state index < -0.39 is 0 Å². The standard InChI is InChI=1S/C21H19FN4O/c1-13(2)17-9-4-14(3)10-19(17)27-21-18-11-25-26(20(18)23-12-24-21)16-7-5-15(22)6-8-16/h4-13H,1-3H3. The van der Waals surface area contributed by atoms with Crippen LogP contribution in [0.15, 0.2) is 55.0 Å². The van der Waals surface area contributed by atoms with Gasteiger partial charge in [0.25, 0.3) is 0 Å². The van der Waals surface area contributed by atoms with Crippen molar-refractivity contribution in [3.05, 3.63) is 71.9 Å². The van der Waals surface area contributed by atoms with Crippen molar-refractivity contribution in [3.63, 3.8) is 0 Å². The lowest BCUT2D eigenvalue weighted by Gasteiger charge is -2.14. The minimum atomic E-state index is -0.297. The van der Waals surface area contributed by atoms with Crippen molar-refractivity contribution < 1.29 is 9.13 Å². The second-order valence-corrected chi connectivity index (χ2v) is 6.75. The molecule has 0 unspecified atom stereocenters. The molecule has 0 amide bonds. The summed E-state index contributed by atoms with van der Waals surface area (Å²) in [4.78, 5) is 8.64. The maximum atomic E-state index is 13.2. The number of hydrogen-bond acceptors (Lipinski definition) is 4. The Balaban J connectivity index is 1.79. The molecule has 2 aromatic carbocycles. The number of halogens is 1. The minimum Gasteiger partial charge on any atom is -0.438 e. The highest BCUT2D eigenvalue weighted by atomic mass is 19.1. The zero-order valence-electron chi connectivity index (χ0n) is 15.3. The molecule has 0 aliphatic heterocycles. The van der Waals surface area contributed by atoms with Crippen LogP contribution in [-0.2, 0) is 0 Å².